The average molecular weight is 716 g/mol. The molecule has 0 unspecified atom stereocenters. The number of nitrogens with zero attached hydrogens (tertiary/aromatic N) is 1. The number of carbonyl (C=O) groups is 2. The van der Waals surface area contributed by atoms with Gasteiger partial charge in [-0.05, 0) is 109 Å². The van der Waals surface area contributed by atoms with Crippen LogP contribution in [0.15, 0.2) is 54.6 Å². The van der Waals surface area contributed by atoms with Crippen molar-refractivity contribution in [2.24, 2.45) is 5.92 Å². The minimum Gasteiger partial charge on any atom is -0.496 e. The Morgan fingerprint density at radius 1 is 0.740 bits per heavy atom. The minimum atomic E-state index is -5.15. The van der Waals surface area contributed by atoms with Crippen LogP contribution in [0.2, 0.25) is 0 Å². The highest BCUT2D eigenvalue weighted by atomic mass is 19.4. The molecule has 2 saturated heterocycles. The standard InChI is InChI=1S/C35H30F9NO5/c1-49-29-11-6-19(17-2-4-18(5-3-17)31(46)47)14-26(29)24-8-7-21(33(36,37)38)16-25(24)27-9-10-28-30(50-32(48)45(27)28)20-12-22(34(39,40)41)15-23(13-20)35(42,43)44/h6-8,11-18,27-28,30H,2-5,9-10H2,1H3,(H,46,47)/t17-,18-,27-,28-,30+/m0/s1. The highest BCUT2D eigenvalue weighted by Crippen LogP contribution is 2.52. The summed E-state index contributed by atoms with van der Waals surface area (Å²) in [6.07, 6.45) is -15.6. The Balaban J connectivity index is 1.41. The van der Waals surface area contributed by atoms with Crippen LogP contribution in [0.25, 0.3) is 11.1 Å². The van der Waals surface area contributed by atoms with E-state index in [9.17, 15) is 54.2 Å². The molecule has 3 fully saturated rings. The molecule has 15 heteroatoms. The highest BCUT2D eigenvalue weighted by Gasteiger charge is 2.52. The van der Waals surface area contributed by atoms with Crippen LogP contribution in [-0.2, 0) is 28.1 Å². The smallest absolute Gasteiger partial charge is 0.416 e. The maximum atomic E-state index is 14.1. The largest absolute Gasteiger partial charge is 0.496 e. The summed E-state index contributed by atoms with van der Waals surface area (Å²) in [6.45, 7) is 0. The van der Waals surface area contributed by atoms with Gasteiger partial charge >= 0.3 is 30.6 Å². The molecule has 2 heterocycles. The van der Waals surface area contributed by atoms with Crippen molar-refractivity contribution in [2.45, 2.75) is 81.2 Å². The van der Waals surface area contributed by atoms with Crippen LogP contribution in [0.4, 0.5) is 44.3 Å². The molecule has 1 aliphatic carbocycles. The van der Waals surface area contributed by atoms with E-state index in [2.05, 4.69) is 0 Å². The zero-order valence-electron chi connectivity index (χ0n) is 26.3. The van der Waals surface area contributed by atoms with Crippen molar-refractivity contribution in [3.05, 3.63) is 88.0 Å². The molecule has 3 aromatic rings. The zero-order chi connectivity index (χ0) is 36.3. The molecule has 3 aromatic carbocycles. The number of rotatable bonds is 6. The monoisotopic (exact) mass is 715 g/mol. The van der Waals surface area contributed by atoms with Crippen LogP contribution < -0.4 is 4.74 Å². The molecule has 3 aliphatic rings. The fourth-order valence-electron chi connectivity index (χ4n) is 7.51. The number of methoxy groups -OCH3 is 1. The third-order valence-electron chi connectivity index (χ3n) is 9.95. The number of benzene rings is 3. The van der Waals surface area contributed by atoms with Gasteiger partial charge in [0.1, 0.15) is 11.9 Å². The number of hydrogen-bond donors (Lipinski definition) is 1. The Bertz CT molecular complexity index is 1760. The molecule has 6 nitrogen and oxygen atoms in total. The number of carboxylic acids is 1. The summed E-state index contributed by atoms with van der Waals surface area (Å²) >= 11 is 0. The quantitative estimate of drug-likeness (QED) is 0.257. The summed E-state index contributed by atoms with van der Waals surface area (Å²) < 4.78 is 135. The predicted octanol–water partition coefficient (Wildman–Crippen LogP) is 10.2. The van der Waals surface area contributed by atoms with Crippen LogP contribution in [-0.4, -0.2) is 35.2 Å². The van der Waals surface area contributed by atoms with Gasteiger partial charge in [-0.15, -0.1) is 0 Å². The Morgan fingerprint density at radius 3 is 1.92 bits per heavy atom. The van der Waals surface area contributed by atoms with Crippen molar-refractivity contribution >= 4 is 12.1 Å². The van der Waals surface area contributed by atoms with Crippen molar-refractivity contribution in [3.63, 3.8) is 0 Å². The first kappa shape index (κ1) is 35.4. The first-order valence-corrected chi connectivity index (χ1v) is 15.8. The Hall–Kier alpha value is -4.43. The second kappa shape index (κ2) is 12.7. The van der Waals surface area contributed by atoms with Gasteiger partial charge in [-0.25, -0.2) is 4.79 Å². The van der Waals surface area contributed by atoms with Gasteiger partial charge in [0.2, 0.25) is 0 Å². The number of ether oxygens (including phenoxy) is 2. The van der Waals surface area contributed by atoms with Gasteiger partial charge in [0.05, 0.1) is 41.8 Å². The van der Waals surface area contributed by atoms with Crippen LogP contribution in [0.3, 0.4) is 0 Å². The lowest BCUT2D eigenvalue weighted by Crippen LogP contribution is -2.31. The second-order valence-corrected chi connectivity index (χ2v) is 12.9. The van der Waals surface area contributed by atoms with E-state index >= 15 is 0 Å². The molecule has 268 valence electrons. The molecule has 1 amide bonds. The van der Waals surface area contributed by atoms with Crippen molar-refractivity contribution in [1.29, 1.82) is 0 Å². The maximum Gasteiger partial charge on any atom is 0.416 e. The van der Waals surface area contributed by atoms with Crippen LogP contribution >= 0.6 is 0 Å². The molecule has 0 bridgehead atoms. The number of cyclic esters (lactones) is 1. The number of carbonyl (C=O) groups excluding carboxylic acids is 1. The predicted molar refractivity (Wildman–Crippen MR) is 159 cm³/mol. The molecule has 6 rings (SSSR count). The van der Waals surface area contributed by atoms with E-state index in [0.29, 0.717) is 49.1 Å². The van der Waals surface area contributed by atoms with Crippen molar-refractivity contribution < 1.29 is 63.7 Å². The Labute approximate surface area is 279 Å². The van der Waals surface area contributed by atoms with Crippen LogP contribution in [0.1, 0.15) is 90.0 Å². The molecule has 1 saturated carbocycles. The van der Waals surface area contributed by atoms with Gasteiger partial charge < -0.3 is 14.6 Å². The summed E-state index contributed by atoms with van der Waals surface area (Å²) in [4.78, 5) is 25.9. The average Bonchev–Trinajstić information content (AvgIpc) is 3.64. The number of halogens is 9. The number of amides is 1. The molecule has 0 radical (unpaired) electrons. The fraction of sp³-hybridized carbons (Fsp3) is 0.429. The lowest BCUT2D eigenvalue weighted by molar-refractivity contribution is -0.144. The molecule has 0 spiro atoms. The fourth-order valence-corrected chi connectivity index (χ4v) is 7.51. The third-order valence-corrected chi connectivity index (χ3v) is 9.95. The molecule has 3 atom stereocenters. The summed E-state index contributed by atoms with van der Waals surface area (Å²) in [5, 5.41) is 9.40. The summed E-state index contributed by atoms with van der Waals surface area (Å²) in [6, 6.07) is 7.00. The lowest BCUT2D eigenvalue weighted by atomic mass is 9.78. The number of aliphatic carboxylic acids is 1. The van der Waals surface area contributed by atoms with Gasteiger partial charge in [0.25, 0.3) is 0 Å². The third kappa shape index (κ3) is 6.70. The molecule has 1 N–H and O–H groups in total. The molecule has 50 heavy (non-hydrogen) atoms. The summed E-state index contributed by atoms with van der Waals surface area (Å²) in [5.41, 5.74) is -3.21. The van der Waals surface area contributed by atoms with Crippen molar-refractivity contribution in [1.82, 2.24) is 4.90 Å². The maximum absolute atomic E-state index is 14.1. The van der Waals surface area contributed by atoms with E-state index in [1.807, 2.05) is 0 Å². The first-order chi connectivity index (χ1) is 23.4. The topological polar surface area (TPSA) is 76.1 Å². The number of alkyl halides is 9. The number of fused-ring (bicyclic) bond motifs is 1. The Morgan fingerprint density at radius 2 is 1.36 bits per heavy atom. The van der Waals surface area contributed by atoms with Crippen molar-refractivity contribution in [2.75, 3.05) is 7.11 Å². The second-order valence-electron chi connectivity index (χ2n) is 12.9. The summed E-state index contributed by atoms with van der Waals surface area (Å²) in [7, 11) is 1.37. The van der Waals surface area contributed by atoms with E-state index in [1.54, 1.807) is 18.2 Å². The minimum absolute atomic E-state index is 0.0123. The van der Waals surface area contributed by atoms with Gasteiger partial charge in [0.15, 0.2) is 0 Å². The Kier molecular flexibility index (Phi) is 9.00. The highest BCUT2D eigenvalue weighted by molar-refractivity contribution is 5.78. The zero-order valence-corrected chi connectivity index (χ0v) is 26.3. The molecular formula is C35H30F9NO5. The van der Waals surface area contributed by atoms with E-state index in [-0.39, 0.29) is 36.0 Å². The molecule has 0 aromatic heterocycles. The van der Waals surface area contributed by atoms with Gasteiger partial charge in [0, 0.05) is 5.56 Å². The van der Waals surface area contributed by atoms with Gasteiger partial charge in [-0.1, -0.05) is 12.1 Å². The van der Waals surface area contributed by atoms with E-state index in [0.717, 1.165) is 22.6 Å². The van der Waals surface area contributed by atoms with Gasteiger partial charge in [-0.3, -0.25) is 9.69 Å². The number of carboxylic acid groups (broad SMARTS) is 1. The van der Waals surface area contributed by atoms with E-state index in [4.69, 9.17) is 9.47 Å². The first-order valence-electron chi connectivity index (χ1n) is 15.8. The van der Waals surface area contributed by atoms with Crippen molar-refractivity contribution in [3.8, 4) is 16.9 Å². The normalized spacial score (nSPS) is 24.2. The lowest BCUT2D eigenvalue weighted by Gasteiger charge is -2.28. The molecular weight excluding hydrogens is 685 g/mol. The molecule has 2 aliphatic heterocycles. The summed E-state index contributed by atoms with van der Waals surface area (Å²) in [5.74, 6) is -1.08. The van der Waals surface area contributed by atoms with Crippen LogP contribution in [0, 0.1) is 5.92 Å². The van der Waals surface area contributed by atoms with Crippen LogP contribution in [0.5, 0.6) is 5.75 Å². The van der Waals surface area contributed by atoms with E-state index in [1.165, 1.54) is 13.2 Å². The van der Waals surface area contributed by atoms with E-state index < -0.39 is 77.0 Å². The number of hydrogen-bond acceptors (Lipinski definition) is 4. The van der Waals surface area contributed by atoms with Gasteiger partial charge in [-0.2, -0.15) is 39.5 Å². The SMILES string of the molecule is COc1ccc([C@H]2CC[C@H](C(=O)O)CC2)cc1-c1ccc(C(F)(F)F)cc1[C@@H]1CC[C@H]2[C@@H](c3cc(C(F)(F)F)cc(C(F)(F)F)c3)OC(=O)N12.